The van der Waals surface area contributed by atoms with E-state index < -0.39 is 15.6 Å². The van der Waals surface area contributed by atoms with Crippen molar-refractivity contribution in [3.05, 3.63) is 29.8 Å². The van der Waals surface area contributed by atoms with Gasteiger partial charge in [-0.2, -0.15) is 8.42 Å². The molecule has 6 heteroatoms. The van der Waals surface area contributed by atoms with E-state index in [-0.39, 0.29) is 5.56 Å². The van der Waals surface area contributed by atoms with Gasteiger partial charge in [-0.15, -0.1) is 0 Å². The molecule has 0 aliphatic carbocycles. The highest BCUT2D eigenvalue weighted by Crippen LogP contribution is 2.21. The van der Waals surface area contributed by atoms with Gasteiger partial charge in [0, 0.05) is 0 Å². The fourth-order valence-electron chi connectivity index (χ4n) is 1.12. The number of hydrogen-bond acceptors (Lipinski definition) is 4. The predicted octanol–water partition coefficient (Wildman–Crippen LogP) is 1.35. The quantitative estimate of drug-likeness (QED) is 0.766. The molecule has 0 radical (unpaired) electrons. The molecular formula is C10H14O5S. The van der Waals surface area contributed by atoms with Crippen LogP contribution in [0.2, 0.25) is 0 Å². The normalized spacial score (nSPS) is 13.4. The van der Waals surface area contributed by atoms with Gasteiger partial charge in [-0.25, -0.2) is 0 Å². The summed E-state index contributed by atoms with van der Waals surface area (Å²) in [6, 6.07) is 5.87. The number of hydrogen-bond donors (Lipinski definition) is 2. The van der Waals surface area contributed by atoms with Gasteiger partial charge in [0.15, 0.2) is 0 Å². The van der Waals surface area contributed by atoms with Crippen molar-refractivity contribution >= 4 is 10.1 Å². The zero-order valence-corrected chi connectivity index (χ0v) is 9.64. The molecule has 0 aliphatic heterocycles. The van der Waals surface area contributed by atoms with E-state index in [0.29, 0.717) is 12.4 Å². The smallest absolute Gasteiger partial charge is 0.296 e. The third kappa shape index (κ3) is 3.48. The van der Waals surface area contributed by atoms with Crippen molar-refractivity contribution in [2.75, 3.05) is 6.61 Å². The van der Waals surface area contributed by atoms with Crippen molar-refractivity contribution < 1.29 is 22.8 Å². The maximum absolute atomic E-state index is 10.7. The first-order chi connectivity index (χ1) is 7.45. The van der Waals surface area contributed by atoms with Crippen LogP contribution in [0.5, 0.6) is 5.75 Å². The minimum absolute atomic E-state index is 0.103. The summed E-state index contributed by atoms with van der Waals surface area (Å²) in [7, 11) is -4.47. The molecule has 16 heavy (non-hydrogen) atoms. The third-order valence-electron chi connectivity index (χ3n) is 1.92. The first kappa shape index (κ1) is 13.0. The SMILES string of the molecule is CCCOc1ccc(C(O)S(=O)(=O)O)cc1. The van der Waals surface area contributed by atoms with Crippen molar-refractivity contribution in [2.24, 2.45) is 0 Å². The van der Waals surface area contributed by atoms with Crippen molar-refractivity contribution in [2.45, 2.75) is 18.8 Å². The molecule has 1 aromatic carbocycles. The molecule has 0 saturated carbocycles. The predicted molar refractivity (Wildman–Crippen MR) is 58.7 cm³/mol. The van der Waals surface area contributed by atoms with Crippen LogP contribution < -0.4 is 4.74 Å². The molecule has 1 unspecified atom stereocenters. The number of aliphatic hydroxyl groups is 1. The van der Waals surface area contributed by atoms with E-state index in [4.69, 9.17) is 9.29 Å². The van der Waals surface area contributed by atoms with E-state index in [1.807, 2.05) is 6.92 Å². The molecule has 0 aliphatic rings. The minimum Gasteiger partial charge on any atom is -0.494 e. The van der Waals surface area contributed by atoms with Crippen molar-refractivity contribution in [1.29, 1.82) is 0 Å². The molecule has 0 fully saturated rings. The summed E-state index contributed by atoms with van der Waals surface area (Å²) in [5.41, 5.74) is -1.81. The van der Waals surface area contributed by atoms with Crippen LogP contribution >= 0.6 is 0 Å². The number of benzene rings is 1. The second-order valence-corrected chi connectivity index (χ2v) is 4.76. The molecule has 90 valence electrons. The molecular weight excluding hydrogens is 232 g/mol. The Morgan fingerprint density at radius 3 is 2.31 bits per heavy atom. The Hall–Kier alpha value is -1.11. The fourth-order valence-corrected chi connectivity index (χ4v) is 1.62. The molecule has 5 nitrogen and oxygen atoms in total. The van der Waals surface area contributed by atoms with Gasteiger partial charge < -0.3 is 9.84 Å². The Balaban J connectivity index is 2.79. The van der Waals surface area contributed by atoms with Crippen molar-refractivity contribution in [1.82, 2.24) is 0 Å². The number of ether oxygens (including phenoxy) is 1. The van der Waals surface area contributed by atoms with Gasteiger partial charge in [-0.3, -0.25) is 4.55 Å². The standard InChI is InChI=1S/C10H14O5S/c1-2-7-15-9-5-3-8(4-6-9)10(11)16(12,13)14/h3-6,10-11H,2,7H2,1H3,(H,12,13,14). The maximum Gasteiger partial charge on any atom is 0.296 e. The van der Waals surface area contributed by atoms with Crippen LogP contribution in [0.25, 0.3) is 0 Å². The van der Waals surface area contributed by atoms with Crippen LogP contribution in [-0.4, -0.2) is 24.7 Å². The van der Waals surface area contributed by atoms with Crippen molar-refractivity contribution in [3.8, 4) is 5.75 Å². The highest BCUT2D eigenvalue weighted by atomic mass is 32.2. The minimum atomic E-state index is -4.47. The largest absolute Gasteiger partial charge is 0.494 e. The highest BCUT2D eigenvalue weighted by Gasteiger charge is 2.21. The molecule has 0 bridgehead atoms. The summed E-state index contributed by atoms with van der Waals surface area (Å²) in [6.45, 7) is 2.54. The van der Waals surface area contributed by atoms with Gasteiger partial charge in [0.25, 0.3) is 10.1 Å². The Kier molecular flexibility index (Phi) is 4.28. The molecule has 0 amide bonds. The second kappa shape index (κ2) is 5.29. The Morgan fingerprint density at radius 1 is 1.31 bits per heavy atom. The Labute approximate surface area is 94.4 Å². The van der Waals surface area contributed by atoms with E-state index in [1.54, 1.807) is 12.1 Å². The maximum atomic E-state index is 10.7. The monoisotopic (exact) mass is 246 g/mol. The highest BCUT2D eigenvalue weighted by molar-refractivity contribution is 7.85. The van der Waals surface area contributed by atoms with Gasteiger partial charge in [0.05, 0.1) is 6.61 Å². The Bertz CT molecular complexity index is 423. The van der Waals surface area contributed by atoms with Crippen LogP contribution in [0, 0.1) is 0 Å². The molecule has 1 atom stereocenters. The number of rotatable bonds is 5. The summed E-state index contributed by atoms with van der Waals surface area (Å²) < 4.78 is 35.2. The summed E-state index contributed by atoms with van der Waals surface area (Å²) in [6.07, 6.45) is 0.870. The van der Waals surface area contributed by atoms with Crippen LogP contribution in [0.4, 0.5) is 0 Å². The number of aliphatic hydroxyl groups excluding tert-OH is 1. The van der Waals surface area contributed by atoms with E-state index >= 15 is 0 Å². The lowest BCUT2D eigenvalue weighted by Gasteiger charge is -2.09. The van der Waals surface area contributed by atoms with E-state index in [9.17, 15) is 13.5 Å². The lowest BCUT2D eigenvalue weighted by atomic mass is 10.2. The molecule has 0 spiro atoms. The molecule has 0 saturated heterocycles. The van der Waals surface area contributed by atoms with E-state index in [1.165, 1.54) is 12.1 Å². The average molecular weight is 246 g/mol. The third-order valence-corrected chi connectivity index (χ3v) is 2.76. The molecule has 0 aromatic heterocycles. The average Bonchev–Trinajstić information content (AvgIpc) is 2.25. The zero-order valence-electron chi connectivity index (χ0n) is 8.83. The van der Waals surface area contributed by atoms with Gasteiger partial charge in [0.1, 0.15) is 5.75 Å². The summed E-state index contributed by atoms with van der Waals surface area (Å²) in [5, 5.41) is 9.25. The van der Waals surface area contributed by atoms with Crippen LogP contribution in [-0.2, 0) is 10.1 Å². The lowest BCUT2D eigenvalue weighted by Crippen LogP contribution is -2.11. The molecule has 1 rings (SSSR count). The van der Waals surface area contributed by atoms with Crippen LogP contribution in [0.15, 0.2) is 24.3 Å². The van der Waals surface area contributed by atoms with Gasteiger partial charge in [-0.05, 0) is 24.1 Å². The van der Waals surface area contributed by atoms with Crippen molar-refractivity contribution in [3.63, 3.8) is 0 Å². The van der Waals surface area contributed by atoms with E-state index in [2.05, 4.69) is 0 Å². The first-order valence-corrected chi connectivity index (χ1v) is 6.32. The summed E-state index contributed by atoms with van der Waals surface area (Å²) in [4.78, 5) is 0. The van der Waals surface area contributed by atoms with E-state index in [0.717, 1.165) is 6.42 Å². The molecule has 1 aromatic rings. The zero-order chi connectivity index (χ0) is 12.2. The summed E-state index contributed by atoms with van der Waals surface area (Å²) >= 11 is 0. The molecule has 0 heterocycles. The van der Waals surface area contributed by atoms with Crippen LogP contribution in [0.1, 0.15) is 24.3 Å². The van der Waals surface area contributed by atoms with Crippen LogP contribution in [0.3, 0.4) is 0 Å². The fraction of sp³-hybridized carbons (Fsp3) is 0.400. The summed E-state index contributed by atoms with van der Waals surface area (Å²) in [5.74, 6) is 0.591. The Morgan fingerprint density at radius 2 is 1.88 bits per heavy atom. The van der Waals surface area contributed by atoms with Gasteiger partial charge in [0.2, 0.25) is 5.44 Å². The first-order valence-electron chi connectivity index (χ1n) is 4.82. The topological polar surface area (TPSA) is 83.8 Å². The lowest BCUT2D eigenvalue weighted by molar-refractivity contribution is 0.238. The molecule has 2 N–H and O–H groups in total. The van der Waals surface area contributed by atoms with Gasteiger partial charge >= 0.3 is 0 Å². The second-order valence-electron chi connectivity index (χ2n) is 3.28. The van der Waals surface area contributed by atoms with Gasteiger partial charge in [-0.1, -0.05) is 19.1 Å².